The Kier molecular flexibility index (Phi) is 6.03. The third kappa shape index (κ3) is 5.92. The third-order valence-corrected chi connectivity index (χ3v) is 3.74. The van der Waals surface area contributed by atoms with E-state index in [4.69, 9.17) is 4.74 Å². The van der Waals surface area contributed by atoms with Gasteiger partial charge in [0.25, 0.3) is 0 Å². The summed E-state index contributed by atoms with van der Waals surface area (Å²) in [7, 11) is 0. The standard InChI is InChI=1S/C21H25NO4/c1-14-8-10-16(11-9-14)17-7-5-6-15(12-17)13-18(19(23)24)22-20(25)26-21(2,3)4/h5-12,18H,13H2,1-4H3,(H,22,25)(H,23,24)/t18-/m0/s1. The average molecular weight is 355 g/mol. The number of benzene rings is 2. The fourth-order valence-corrected chi connectivity index (χ4v) is 2.51. The Bertz CT molecular complexity index is 775. The van der Waals surface area contributed by atoms with Crippen LogP contribution in [-0.2, 0) is 16.0 Å². The molecule has 0 aliphatic heterocycles. The molecule has 5 heteroatoms. The lowest BCUT2D eigenvalue weighted by Gasteiger charge is -2.22. The van der Waals surface area contributed by atoms with Gasteiger partial charge in [-0.2, -0.15) is 0 Å². The van der Waals surface area contributed by atoms with Crippen molar-refractivity contribution in [1.29, 1.82) is 0 Å². The summed E-state index contributed by atoms with van der Waals surface area (Å²) in [6.45, 7) is 7.22. The average Bonchev–Trinajstić information content (AvgIpc) is 2.53. The number of nitrogens with one attached hydrogen (secondary N) is 1. The zero-order valence-corrected chi connectivity index (χ0v) is 15.6. The lowest BCUT2D eigenvalue weighted by Crippen LogP contribution is -2.44. The highest BCUT2D eigenvalue weighted by molar-refractivity contribution is 5.80. The Morgan fingerprint density at radius 3 is 2.31 bits per heavy atom. The largest absolute Gasteiger partial charge is 0.480 e. The number of amides is 1. The Labute approximate surface area is 154 Å². The lowest BCUT2D eigenvalue weighted by atomic mass is 9.99. The molecule has 0 unspecified atom stereocenters. The van der Waals surface area contributed by atoms with Gasteiger partial charge in [-0.1, -0.05) is 54.1 Å². The molecule has 0 bridgehead atoms. The first kappa shape index (κ1) is 19.5. The normalized spacial score (nSPS) is 12.3. The van der Waals surface area contributed by atoms with Crippen molar-refractivity contribution in [1.82, 2.24) is 5.32 Å². The predicted octanol–water partition coefficient (Wildman–Crippen LogP) is 4.18. The molecular weight excluding hydrogens is 330 g/mol. The molecule has 5 nitrogen and oxygen atoms in total. The van der Waals surface area contributed by atoms with E-state index in [0.717, 1.165) is 16.7 Å². The molecule has 0 aromatic heterocycles. The van der Waals surface area contributed by atoms with E-state index >= 15 is 0 Å². The summed E-state index contributed by atoms with van der Waals surface area (Å²) in [6.07, 6.45) is -0.562. The minimum absolute atomic E-state index is 0.175. The molecule has 0 heterocycles. The molecule has 2 aromatic carbocycles. The number of carboxylic acid groups (broad SMARTS) is 1. The molecule has 2 rings (SSSR count). The minimum atomic E-state index is -1.10. The highest BCUT2D eigenvalue weighted by Gasteiger charge is 2.24. The second-order valence-electron chi connectivity index (χ2n) is 7.31. The molecule has 0 radical (unpaired) electrons. The third-order valence-electron chi connectivity index (χ3n) is 3.74. The summed E-state index contributed by atoms with van der Waals surface area (Å²) >= 11 is 0. The minimum Gasteiger partial charge on any atom is -0.480 e. The maximum atomic E-state index is 11.9. The summed E-state index contributed by atoms with van der Waals surface area (Å²) in [5.41, 5.74) is 3.38. The Morgan fingerprint density at radius 2 is 1.73 bits per heavy atom. The highest BCUT2D eigenvalue weighted by Crippen LogP contribution is 2.21. The van der Waals surface area contributed by atoms with Crippen LogP contribution >= 0.6 is 0 Å². The van der Waals surface area contributed by atoms with Crippen LogP contribution in [0.2, 0.25) is 0 Å². The molecule has 0 aliphatic rings. The molecule has 0 saturated carbocycles. The van der Waals surface area contributed by atoms with E-state index in [2.05, 4.69) is 5.32 Å². The van der Waals surface area contributed by atoms with Crippen molar-refractivity contribution in [3.05, 3.63) is 59.7 Å². The number of rotatable bonds is 5. The van der Waals surface area contributed by atoms with Gasteiger partial charge in [-0.25, -0.2) is 9.59 Å². The molecule has 0 aliphatic carbocycles. The van der Waals surface area contributed by atoms with Gasteiger partial charge >= 0.3 is 12.1 Å². The Balaban J connectivity index is 2.14. The van der Waals surface area contributed by atoms with Gasteiger partial charge in [-0.15, -0.1) is 0 Å². The van der Waals surface area contributed by atoms with E-state index in [0.29, 0.717) is 0 Å². The van der Waals surface area contributed by atoms with Gasteiger partial charge in [0.2, 0.25) is 0 Å². The summed E-state index contributed by atoms with van der Waals surface area (Å²) in [4.78, 5) is 23.4. The van der Waals surface area contributed by atoms with Crippen molar-refractivity contribution < 1.29 is 19.4 Å². The van der Waals surface area contributed by atoms with Crippen LogP contribution in [-0.4, -0.2) is 28.8 Å². The molecular formula is C21H25NO4. The summed E-state index contributed by atoms with van der Waals surface area (Å²) in [5, 5.41) is 11.9. The van der Waals surface area contributed by atoms with Crippen molar-refractivity contribution in [2.45, 2.75) is 45.8 Å². The van der Waals surface area contributed by atoms with Crippen molar-refractivity contribution in [3.8, 4) is 11.1 Å². The van der Waals surface area contributed by atoms with Crippen LogP contribution in [0.25, 0.3) is 11.1 Å². The van der Waals surface area contributed by atoms with Gasteiger partial charge in [0.1, 0.15) is 11.6 Å². The van der Waals surface area contributed by atoms with E-state index < -0.39 is 23.7 Å². The number of aryl methyl sites for hydroxylation is 1. The smallest absolute Gasteiger partial charge is 0.408 e. The molecule has 0 fully saturated rings. The van der Waals surface area contributed by atoms with E-state index in [-0.39, 0.29) is 6.42 Å². The van der Waals surface area contributed by atoms with Crippen LogP contribution in [0.1, 0.15) is 31.9 Å². The number of alkyl carbamates (subject to hydrolysis) is 1. The molecule has 1 amide bonds. The molecule has 0 saturated heterocycles. The number of ether oxygens (including phenoxy) is 1. The Morgan fingerprint density at radius 1 is 1.08 bits per heavy atom. The predicted molar refractivity (Wildman–Crippen MR) is 101 cm³/mol. The molecule has 138 valence electrons. The van der Waals surface area contributed by atoms with Gasteiger partial charge in [0, 0.05) is 6.42 Å². The van der Waals surface area contributed by atoms with Crippen molar-refractivity contribution in [2.75, 3.05) is 0 Å². The van der Waals surface area contributed by atoms with E-state index in [1.807, 2.05) is 55.5 Å². The van der Waals surface area contributed by atoms with Crippen LogP contribution in [0.15, 0.2) is 48.5 Å². The first-order chi connectivity index (χ1) is 12.1. The van der Waals surface area contributed by atoms with Gasteiger partial charge in [0.15, 0.2) is 0 Å². The van der Waals surface area contributed by atoms with E-state index in [9.17, 15) is 14.7 Å². The zero-order chi connectivity index (χ0) is 19.3. The maximum Gasteiger partial charge on any atom is 0.408 e. The zero-order valence-electron chi connectivity index (χ0n) is 15.6. The topological polar surface area (TPSA) is 75.6 Å². The second kappa shape index (κ2) is 8.04. The van der Waals surface area contributed by atoms with Crippen molar-refractivity contribution in [2.24, 2.45) is 0 Å². The van der Waals surface area contributed by atoms with Crippen LogP contribution in [0.5, 0.6) is 0 Å². The Hall–Kier alpha value is -2.82. The van der Waals surface area contributed by atoms with Gasteiger partial charge in [-0.3, -0.25) is 0 Å². The maximum absolute atomic E-state index is 11.9. The van der Waals surface area contributed by atoms with E-state index in [1.54, 1.807) is 20.8 Å². The van der Waals surface area contributed by atoms with Gasteiger partial charge in [0.05, 0.1) is 0 Å². The monoisotopic (exact) mass is 355 g/mol. The molecule has 2 aromatic rings. The molecule has 1 atom stereocenters. The summed E-state index contributed by atoms with van der Waals surface area (Å²) < 4.78 is 5.15. The number of carbonyl (C=O) groups is 2. The van der Waals surface area contributed by atoms with Crippen LogP contribution < -0.4 is 5.32 Å². The SMILES string of the molecule is Cc1ccc(-c2cccc(C[C@H](NC(=O)OC(C)(C)C)C(=O)O)c2)cc1. The van der Waals surface area contributed by atoms with E-state index in [1.165, 1.54) is 5.56 Å². The fourth-order valence-electron chi connectivity index (χ4n) is 2.51. The molecule has 0 spiro atoms. The van der Waals surface area contributed by atoms with Crippen LogP contribution in [0.4, 0.5) is 4.79 Å². The summed E-state index contributed by atoms with van der Waals surface area (Å²) in [6, 6.07) is 14.7. The van der Waals surface area contributed by atoms with Crippen molar-refractivity contribution in [3.63, 3.8) is 0 Å². The van der Waals surface area contributed by atoms with Crippen LogP contribution in [0, 0.1) is 6.92 Å². The number of aliphatic carboxylic acids is 1. The number of hydrogen-bond donors (Lipinski definition) is 2. The van der Waals surface area contributed by atoms with Crippen LogP contribution in [0.3, 0.4) is 0 Å². The number of carboxylic acids is 1. The fraction of sp³-hybridized carbons (Fsp3) is 0.333. The number of carbonyl (C=O) groups excluding carboxylic acids is 1. The highest BCUT2D eigenvalue weighted by atomic mass is 16.6. The lowest BCUT2D eigenvalue weighted by molar-refractivity contribution is -0.139. The quantitative estimate of drug-likeness (QED) is 0.843. The molecule has 26 heavy (non-hydrogen) atoms. The second-order valence-corrected chi connectivity index (χ2v) is 7.31. The molecule has 2 N–H and O–H groups in total. The first-order valence-electron chi connectivity index (χ1n) is 8.52. The van der Waals surface area contributed by atoms with Crippen molar-refractivity contribution >= 4 is 12.1 Å². The summed E-state index contributed by atoms with van der Waals surface area (Å²) in [5.74, 6) is -1.10. The first-order valence-corrected chi connectivity index (χ1v) is 8.52. The number of hydrogen-bond acceptors (Lipinski definition) is 3. The van der Waals surface area contributed by atoms with Gasteiger partial charge < -0.3 is 15.2 Å². The van der Waals surface area contributed by atoms with Gasteiger partial charge in [-0.05, 0) is 44.4 Å².